The van der Waals surface area contributed by atoms with Gasteiger partial charge in [0.15, 0.2) is 0 Å². The molecule has 0 unspecified atom stereocenters. The van der Waals surface area contributed by atoms with Crippen molar-refractivity contribution in [3.05, 3.63) is 35.9 Å². The molecule has 1 aromatic carbocycles. The van der Waals surface area contributed by atoms with E-state index in [0.29, 0.717) is 0 Å². The fourth-order valence-corrected chi connectivity index (χ4v) is 3.22. The zero-order chi connectivity index (χ0) is 13.7. The maximum Gasteiger partial charge on any atom is 0.219 e. The molecule has 3 nitrogen and oxygen atoms in total. The molecular formula is C14H18N2OS2. The lowest BCUT2D eigenvalue weighted by atomic mass is 10.2. The largest absolute Gasteiger partial charge is 0.354 e. The van der Waals surface area contributed by atoms with E-state index in [0.717, 1.165) is 36.3 Å². The van der Waals surface area contributed by atoms with Crippen LogP contribution in [0.1, 0.15) is 12.5 Å². The van der Waals surface area contributed by atoms with Gasteiger partial charge in [-0.15, -0.1) is 0 Å². The van der Waals surface area contributed by atoms with Gasteiger partial charge in [-0.05, 0) is 5.56 Å². The monoisotopic (exact) mass is 294 g/mol. The Kier molecular flexibility index (Phi) is 5.22. The molecule has 0 saturated carbocycles. The predicted octanol–water partition coefficient (Wildman–Crippen LogP) is 2.37. The maximum atomic E-state index is 11.3. The van der Waals surface area contributed by atoms with Gasteiger partial charge in [-0.2, -0.15) is 0 Å². The summed E-state index contributed by atoms with van der Waals surface area (Å²) in [5.74, 6) is 1.06. The van der Waals surface area contributed by atoms with E-state index in [1.54, 1.807) is 18.7 Å². The van der Waals surface area contributed by atoms with Crippen LogP contribution >= 0.6 is 24.0 Å². The Bertz CT molecular complexity index is 442. The number of piperazine rings is 1. The molecule has 5 heteroatoms. The summed E-state index contributed by atoms with van der Waals surface area (Å²) in [5.41, 5.74) is 1.29. The Morgan fingerprint density at radius 3 is 2.32 bits per heavy atom. The molecule has 2 rings (SSSR count). The van der Waals surface area contributed by atoms with Gasteiger partial charge in [-0.3, -0.25) is 4.79 Å². The highest BCUT2D eigenvalue weighted by Crippen LogP contribution is 2.17. The number of carbonyl (C=O) groups is 1. The molecule has 0 atom stereocenters. The number of rotatable bonds is 2. The van der Waals surface area contributed by atoms with Crippen molar-refractivity contribution in [2.24, 2.45) is 0 Å². The summed E-state index contributed by atoms with van der Waals surface area (Å²) in [5, 5.41) is 0. The highest BCUT2D eigenvalue weighted by Gasteiger charge is 2.20. The summed E-state index contributed by atoms with van der Waals surface area (Å²) in [4.78, 5) is 15.3. The second kappa shape index (κ2) is 6.91. The second-order valence-electron chi connectivity index (χ2n) is 4.53. The number of carbonyl (C=O) groups excluding carboxylic acids is 1. The highest BCUT2D eigenvalue weighted by atomic mass is 32.2. The Hall–Kier alpha value is -1.07. The molecule has 0 spiro atoms. The lowest BCUT2D eigenvalue weighted by Crippen LogP contribution is -2.49. The average Bonchev–Trinajstić information content (AvgIpc) is 2.46. The van der Waals surface area contributed by atoms with E-state index in [1.165, 1.54) is 5.56 Å². The van der Waals surface area contributed by atoms with Gasteiger partial charge in [0.05, 0.1) is 0 Å². The molecule has 0 N–H and O–H groups in total. The van der Waals surface area contributed by atoms with E-state index in [9.17, 15) is 4.79 Å². The number of hydrogen-bond acceptors (Lipinski definition) is 3. The number of amides is 1. The van der Waals surface area contributed by atoms with Crippen molar-refractivity contribution in [2.75, 3.05) is 26.2 Å². The molecule has 1 amide bonds. The summed E-state index contributed by atoms with van der Waals surface area (Å²) in [6.07, 6.45) is 0. The first kappa shape index (κ1) is 14.3. The Morgan fingerprint density at radius 2 is 1.74 bits per heavy atom. The van der Waals surface area contributed by atoms with Crippen molar-refractivity contribution in [2.45, 2.75) is 12.7 Å². The summed E-state index contributed by atoms with van der Waals surface area (Å²) < 4.78 is 0.937. The Labute approximate surface area is 124 Å². The normalized spacial score (nSPS) is 15.4. The summed E-state index contributed by atoms with van der Waals surface area (Å²) in [6, 6.07) is 10.3. The minimum atomic E-state index is 0.155. The van der Waals surface area contributed by atoms with Crippen LogP contribution in [0.2, 0.25) is 0 Å². The molecular weight excluding hydrogens is 276 g/mol. The van der Waals surface area contributed by atoms with Gasteiger partial charge in [-0.1, -0.05) is 54.3 Å². The lowest BCUT2D eigenvalue weighted by Gasteiger charge is -2.35. The maximum absolute atomic E-state index is 11.3. The second-order valence-corrected chi connectivity index (χ2v) is 6.14. The molecule has 1 fully saturated rings. The number of thiocarbonyl (C=S) groups is 1. The molecule has 0 radical (unpaired) electrons. The zero-order valence-electron chi connectivity index (χ0n) is 11.0. The Balaban J connectivity index is 1.77. The van der Waals surface area contributed by atoms with Crippen LogP contribution < -0.4 is 0 Å². The number of nitrogens with zero attached hydrogens (tertiary/aromatic N) is 2. The van der Waals surface area contributed by atoms with Crippen molar-refractivity contribution >= 4 is 34.2 Å². The molecule has 1 saturated heterocycles. The summed E-state index contributed by atoms with van der Waals surface area (Å²) in [6.45, 7) is 4.88. The minimum Gasteiger partial charge on any atom is -0.354 e. The van der Waals surface area contributed by atoms with Crippen LogP contribution in [-0.4, -0.2) is 46.2 Å². The standard InChI is InChI=1S/C14H18N2OS2/c1-12(17)15-7-9-16(10-8-15)14(18)19-11-13-5-3-2-4-6-13/h2-6H,7-11H2,1H3. The van der Waals surface area contributed by atoms with E-state index in [2.05, 4.69) is 17.0 Å². The molecule has 1 aromatic rings. The van der Waals surface area contributed by atoms with Gasteiger partial charge in [0.1, 0.15) is 4.32 Å². The highest BCUT2D eigenvalue weighted by molar-refractivity contribution is 8.22. The van der Waals surface area contributed by atoms with Crippen LogP contribution in [0, 0.1) is 0 Å². The van der Waals surface area contributed by atoms with Crippen molar-refractivity contribution in [1.29, 1.82) is 0 Å². The first-order valence-corrected chi connectivity index (χ1v) is 7.77. The molecule has 0 aliphatic carbocycles. The summed E-state index contributed by atoms with van der Waals surface area (Å²) >= 11 is 7.16. The van der Waals surface area contributed by atoms with Gasteiger partial charge < -0.3 is 9.80 Å². The molecule has 19 heavy (non-hydrogen) atoms. The zero-order valence-corrected chi connectivity index (χ0v) is 12.7. The van der Waals surface area contributed by atoms with Crippen LogP contribution in [-0.2, 0) is 10.5 Å². The minimum absolute atomic E-state index is 0.155. The van der Waals surface area contributed by atoms with Crippen LogP contribution in [0.3, 0.4) is 0 Å². The van der Waals surface area contributed by atoms with E-state index in [-0.39, 0.29) is 5.91 Å². The predicted molar refractivity (Wildman–Crippen MR) is 84.2 cm³/mol. The molecule has 1 aliphatic rings. The van der Waals surface area contributed by atoms with E-state index in [4.69, 9.17) is 12.2 Å². The van der Waals surface area contributed by atoms with Crippen molar-refractivity contribution in [3.8, 4) is 0 Å². The number of hydrogen-bond donors (Lipinski definition) is 0. The third kappa shape index (κ3) is 4.21. The van der Waals surface area contributed by atoms with Gasteiger partial charge in [0.2, 0.25) is 5.91 Å². The van der Waals surface area contributed by atoms with Gasteiger partial charge in [0.25, 0.3) is 0 Å². The third-order valence-corrected chi connectivity index (χ3v) is 4.78. The fraction of sp³-hybridized carbons (Fsp3) is 0.429. The number of thioether (sulfide) groups is 1. The molecule has 1 aliphatic heterocycles. The lowest BCUT2D eigenvalue weighted by molar-refractivity contribution is -0.130. The van der Waals surface area contributed by atoms with Crippen LogP contribution in [0.25, 0.3) is 0 Å². The van der Waals surface area contributed by atoms with E-state index >= 15 is 0 Å². The van der Waals surface area contributed by atoms with Crippen molar-refractivity contribution in [1.82, 2.24) is 9.80 Å². The van der Waals surface area contributed by atoms with Gasteiger partial charge >= 0.3 is 0 Å². The molecule has 1 heterocycles. The van der Waals surface area contributed by atoms with Gasteiger partial charge in [0, 0.05) is 38.9 Å². The quantitative estimate of drug-likeness (QED) is 0.781. The molecule has 102 valence electrons. The molecule has 0 bridgehead atoms. The van der Waals surface area contributed by atoms with Crippen molar-refractivity contribution < 1.29 is 4.79 Å². The summed E-state index contributed by atoms with van der Waals surface area (Å²) in [7, 11) is 0. The fourth-order valence-electron chi connectivity index (χ4n) is 2.01. The first-order valence-electron chi connectivity index (χ1n) is 6.38. The topological polar surface area (TPSA) is 23.6 Å². The Morgan fingerprint density at radius 1 is 1.16 bits per heavy atom. The van der Waals surface area contributed by atoms with E-state index < -0.39 is 0 Å². The van der Waals surface area contributed by atoms with E-state index in [1.807, 2.05) is 23.1 Å². The van der Waals surface area contributed by atoms with Crippen LogP contribution in [0.5, 0.6) is 0 Å². The first-order chi connectivity index (χ1) is 9.16. The number of benzene rings is 1. The van der Waals surface area contributed by atoms with Crippen LogP contribution in [0.4, 0.5) is 0 Å². The average molecular weight is 294 g/mol. The molecule has 0 aromatic heterocycles. The van der Waals surface area contributed by atoms with Crippen LogP contribution in [0.15, 0.2) is 30.3 Å². The third-order valence-electron chi connectivity index (χ3n) is 3.19. The van der Waals surface area contributed by atoms with Crippen molar-refractivity contribution in [3.63, 3.8) is 0 Å². The smallest absolute Gasteiger partial charge is 0.219 e. The SMILES string of the molecule is CC(=O)N1CCN(C(=S)SCc2ccccc2)CC1. The van der Waals surface area contributed by atoms with Gasteiger partial charge in [-0.25, -0.2) is 0 Å².